The standard InChI is InChI=1S/C14H20F3NO3S/c1-13(2,3)12(19)8-9-18-22(20,21)11-6-4-10(5-7-11)14(15,16)17/h4-7,12,18-19H,8-9H2,1-3H3. The van der Waals surface area contributed by atoms with Crippen LogP contribution in [0, 0.1) is 5.41 Å². The van der Waals surface area contributed by atoms with Crippen LogP contribution in [0.5, 0.6) is 0 Å². The van der Waals surface area contributed by atoms with Crippen LogP contribution in [0.1, 0.15) is 32.8 Å². The highest BCUT2D eigenvalue weighted by Crippen LogP contribution is 2.29. The summed E-state index contributed by atoms with van der Waals surface area (Å²) in [5.41, 5.74) is -1.28. The zero-order valence-electron chi connectivity index (χ0n) is 12.6. The van der Waals surface area contributed by atoms with Gasteiger partial charge in [0.05, 0.1) is 16.6 Å². The Hall–Kier alpha value is -1.12. The molecule has 0 spiro atoms. The predicted octanol–water partition coefficient (Wildman–Crippen LogP) is 2.78. The van der Waals surface area contributed by atoms with Crippen LogP contribution in [0.15, 0.2) is 29.2 Å². The lowest BCUT2D eigenvalue weighted by atomic mass is 9.87. The molecule has 4 nitrogen and oxygen atoms in total. The van der Waals surface area contributed by atoms with E-state index in [1.807, 2.05) is 20.8 Å². The number of hydrogen-bond donors (Lipinski definition) is 2. The van der Waals surface area contributed by atoms with Gasteiger partial charge in [0.2, 0.25) is 10.0 Å². The van der Waals surface area contributed by atoms with Gasteiger partial charge >= 0.3 is 6.18 Å². The molecule has 8 heteroatoms. The first-order valence-electron chi connectivity index (χ1n) is 6.69. The molecule has 0 amide bonds. The van der Waals surface area contributed by atoms with E-state index in [9.17, 15) is 26.7 Å². The Kier molecular flexibility index (Phi) is 5.64. The average Bonchev–Trinajstić information content (AvgIpc) is 2.36. The van der Waals surface area contributed by atoms with Gasteiger partial charge in [-0.3, -0.25) is 0 Å². The monoisotopic (exact) mass is 339 g/mol. The second kappa shape index (κ2) is 6.55. The molecule has 0 radical (unpaired) electrons. The molecular weight excluding hydrogens is 319 g/mol. The van der Waals surface area contributed by atoms with E-state index in [0.29, 0.717) is 0 Å². The molecule has 0 aliphatic carbocycles. The number of nitrogens with one attached hydrogen (secondary N) is 1. The van der Waals surface area contributed by atoms with Crippen LogP contribution in [0.3, 0.4) is 0 Å². The molecule has 0 saturated heterocycles. The first kappa shape index (κ1) is 18.9. The second-order valence-corrected chi connectivity index (χ2v) is 7.86. The fourth-order valence-electron chi connectivity index (χ4n) is 1.67. The molecule has 1 rings (SSSR count). The van der Waals surface area contributed by atoms with Crippen molar-refractivity contribution in [3.63, 3.8) is 0 Å². The molecule has 0 aliphatic heterocycles. The van der Waals surface area contributed by atoms with E-state index in [4.69, 9.17) is 0 Å². The Labute approximate surface area is 128 Å². The fourth-order valence-corrected chi connectivity index (χ4v) is 2.72. The van der Waals surface area contributed by atoms with Crippen LogP contribution >= 0.6 is 0 Å². The molecule has 1 unspecified atom stereocenters. The molecule has 22 heavy (non-hydrogen) atoms. The molecular formula is C14H20F3NO3S. The highest BCUT2D eigenvalue weighted by molar-refractivity contribution is 7.89. The SMILES string of the molecule is CC(C)(C)C(O)CCNS(=O)(=O)c1ccc(C(F)(F)F)cc1. The van der Waals surface area contributed by atoms with Gasteiger partial charge in [-0.15, -0.1) is 0 Å². The molecule has 1 atom stereocenters. The van der Waals surface area contributed by atoms with Crippen LogP contribution in [0.2, 0.25) is 0 Å². The Bertz CT molecular complexity index is 589. The van der Waals surface area contributed by atoms with Crippen molar-refractivity contribution < 1.29 is 26.7 Å². The molecule has 0 saturated carbocycles. The maximum absolute atomic E-state index is 12.4. The number of benzene rings is 1. The normalized spacial score (nSPS) is 14.9. The Morgan fingerprint density at radius 3 is 2.05 bits per heavy atom. The minimum absolute atomic E-state index is 0.00178. The second-order valence-electron chi connectivity index (χ2n) is 6.09. The van der Waals surface area contributed by atoms with Crippen molar-refractivity contribution in [3.05, 3.63) is 29.8 Å². The van der Waals surface area contributed by atoms with E-state index in [2.05, 4.69) is 4.72 Å². The van der Waals surface area contributed by atoms with Gasteiger partial charge < -0.3 is 5.11 Å². The van der Waals surface area contributed by atoms with Crippen LogP contribution in [-0.4, -0.2) is 26.2 Å². The van der Waals surface area contributed by atoms with Crippen LogP contribution < -0.4 is 4.72 Å². The van der Waals surface area contributed by atoms with E-state index in [1.165, 1.54) is 0 Å². The third kappa shape index (κ3) is 5.26. The van der Waals surface area contributed by atoms with Crippen molar-refractivity contribution in [2.75, 3.05) is 6.54 Å². The predicted molar refractivity (Wildman–Crippen MR) is 76.7 cm³/mol. The van der Waals surface area contributed by atoms with Crippen molar-refractivity contribution in [3.8, 4) is 0 Å². The quantitative estimate of drug-likeness (QED) is 0.867. The lowest BCUT2D eigenvalue weighted by molar-refractivity contribution is -0.137. The van der Waals surface area contributed by atoms with E-state index >= 15 is 0 Å². The van der Waals surface area contributed by atoms with E-state index in [-0.39, 0.29) is 23.3 Å². The molecule has 0 fully saturated rings. The Balaban J connectivity index is 2.71. The summed E-state index contributed by atoms with van der Waals surface area (Å²) in [7, 11) is -3.89. The molecule has 2 N–H and O–H groups in total. The van der Waals surface area contributed by atoms with Gasteiger partial charge in [0, 0.05) is 6.54 Å². The summed E-state index contributed by atoms with van der Waals surface area (Å²) in [5.74, 6) is 0. The molecule has 1 aromatic carbocycles. The smallest absolute Gasteiger partial charge is 0.393 e. The number of halogens is 3. The van der Waals surface area contributed by atoms with Gasteiger partial charge in [-0.1, -0.05) is 20.8 Å². The molecule has 0 aliphatic rings. The number of aliphatic hydroxyl groups is 1. The number of alkyl halides is 3. The molecule has 1 aromatic rings. The minimum atomic E-state index is -4.51. The summed E-state index contributed by atoms with van der Waals surface area (Å²) < 4.78 is 63.4. The lowest BCUT2D eigenvalue weighted by Gasteiger charge is -2.25. The molecule has 0 heterocycles. The van der Waals surface area contributed by atoms with E-state index in [0.717, 1.165) is 24.3 Å². The number of sulfonamides is 1. The summed E-state index contributed by atoms with van der Waals surface area (Å²) in [6.45, 7) is 5.47. The number of hydrogen-bond acceptors (Lipinski definition) is 3. The Morgan fingerprint density at radius 2 is 1.64 bits per heavy atom. The largest absolute Gasteiger partial charge is 0.416 e. The van der Waals surface area contributed by atoms with Gasteiger partial charge in [0.15, 0.2) is 0 Å². The summed E-state index contributed by atoms with van der Waals surface area (Å²) in [6, 6.07) is 3.26. The zero-order valence-corrected chi connectivity index (χ0v) is 13.4. The van der Waals surface area contributed by atoms with Crippen molar-refractivity contribution >= 4 is 10.0 Å². The number of aliphatic hydroxyl groups excluding tert-OH is 1. The van der Waals surface area contributed by atoms with Gasteiger partial charge in [0.25, 0.3) is 0 Å². The maximum Gasteiger partial charge on any atom is 0.416 e. The van der Waals surface area contributed by atoms with Gasteiger partial charge in [-0.25, -0.2) is 13.1 Å². The van der Waals surface area contributed by atoms with Crippen molar-refractivity contribution in [2.45, 2.75) is 44.4 Å². The van der Waals surface area contributed by atoms with Crippen molar-refractivity contribution in [1.29, 1.82) is 0 Å². The fraction of sp³-hybridized carbons (Fsp3) is 0.571. The van der Waals surface area contributed by atoms with Gasteiger partial charge in [-0.2, -0.15) is 13.2 Å². The lowest BCUT2D eigenvalue weighted by Crippen LogP contribution is -2.32. The van der Waals surface area contributed by atoms with E-state index < -0.39 is 27.9 Å². The van der Waals surface area contributed by atoms with Crippen molar-refractivity contribution in [2.24, 2.45) is 5.41 Å². The first-order chi connectivity index (χ1) is 9.84. The van der Waals surface area contributed by atoms with E-state index in [1.54, 1.807) is 0 Å². The van der Waals surface area contributed by atoms with Crippen LogP contribution in [-0.2, 0) is 16.2 Å². The van der Waals surface area contributed by atoms with Crippen LogP contribution in [0.25, 0.3) is 0 Å². The van der Waals surface area contributed by atoms with Gasteiger partial charge in [0.1, 0.15) is 0 Å². The first-order valence-corrected chi connectivity index (χ1v) is 8.17. The van der Waals surface area contributed by atoms with Crippen molar-refractivity contribution in [1.82, 2.24) is 4.72 Å². The molecule has 0 aromatic heterocycles. The Morgan fingerprint density at radius 1 is 1.14 bits per heavy atom. The minimum Gasteiger partial charge on any atom is -0.393 e. The summed E-state index contributed by atoms with van der Waals surface area (Å²) >= 11 is 0. The number of rotatable bonds is 5. The summed E-state index contributed by atoms with van der Waals surface area (Å²) in [4.78, 5) is -0.245. The highest BCUT2D eigenvalue weighted by Gasteiger charge is 2.30. The third-order valence-corrected chi connectivity index (χ3v) is 4.68. The van der Waals surface area contributed by atoms with Crippen LogP contribution in [0.4, 0.5) is 13.2 Å². The topological polar surface area (TPSA) is 66.4 Å². The summed E-state index contributed by atoms with van der Waals surface area (Å²) in [5, 5.41) is 9.82. The van der Waals surface area contributed by atoms with Gasteiger partial charge in [-0.05, 0) is 36.1 Å². The zero-order chi connectivity index (χ0) is 17.2. The molecule has 0 bridgehead atoms. The maximum atomic E-state index is 12.4. The highest BCUT2D eigenvalue weighted by atomic mass is 32.2. The average molecular weight is 339 g/mol. The molecule has 126 valence electrons. The summed E-state index contributed by atoms with van der Waals surface area (Å²) in [6.07, 6.45) is -4.99. The third-order valence-electron chi connectivity index (χ3n) is 3.20.